The number of hydrogen-bond acceptors (Lipinski definition) is 3. The van der Waals surface area contributed by atoms with Gasteiger partial charge in [-0.1, -0.05) is 152 Å². The molecule has 0 spiro atoms. The molecule has 0 saturated heterocycles. The van der Waals surface area contributed by atoms with Gasteiger partial charge in [-0.3, -0.25) is 4.57 Å². The minimum Gasteiger partial charge on any atom is -0.456 e. The average molecular weight is 805 g/mol. The van der Waals surface area contributed by atoms with Gasteiger partial charge in [0.2, 0.25) is 5.95 Å². The Balaban J connectivity index is 0.995. The van der Waals surface area contributed by atoms with Gasteiger partial charge in [0.15, 0.2) is 0 Å². The third-order valence-corrected chi connectivity index (χ3v) is 12.6. The molecule has 4 aromatic heterocycles. The van der Waals surface area contributed by atoms with Gasteiger partial charge in [-0.25, -0.2) is 9.97 Å². The second-order valence-electron chi connectivity index (χ2n) is 16.1. The van der Waals surface area contributed by atoms with Crippen LogP contribution in [0.4, 0.5) is 0 Å². The molecule has 5 nitrogen and oxygen atoms in total. The lowest BCUT2D eigenvalue weighted by Crippen LogP contribution is -2.03. The molecule has 294 valence electrons. The van der Waals surface area contributed by atoms with Crippen molar-refractivity contribution in [2.45, 2.75) is 0 Å². The molecule has 0 aliphatic heterocycles. The lowest BCUT2D eigenvalue weighted by molar-refractivity contribution is 0.669. The molecule has 0 aliphatic rings. The largest absolute Gasteiger partial charge is 0.456 e. The quantitative estimate of drug-likeness (QED) is 0.168. The van der Waals surface area contributed by atoms with Crippen LogP contribution in [-0.4, -0.2) is 19.1 Å². The lowest BCUT2D eigenvalue weighted by Gasteiger charge is -2.12. The fraction of sp³-hybridized carbons (Fsp3) is 0. The molecular formula is C58H36N4O. The van der Waals surface area contributed by atoms with Gasteiger partial charge in [0.25, 0.3) is 0 Å². The van der Waals surface area contributed by atoms with Crippen molar-refractivity contribution in [3.8, 4) is 56.4 Å². The van der Waals surface area contributed by atoms with Crippen molar-refractivity contribution in [2.75, 3.05) is 0 Å². The van der Waals surface area contributed by atoms with Gasteiger partial charge in [0.05, 0.1) is 33.5 Å². The number of hydrogen-bond donors (Lipinski definition) is 0. The maximum absolute atomic E-state index is 6.62. The van der Waals surface area contributed by atoms with Crippen LogP contribution in [0.5, 0.6) is 0 Å². The van der Waals surface area contributed by atoms with Crippen molar-refractivity contribution in [1.29, 1.82) is 0 Å². The van der Waals surface area contributed by atoms with E-state index in [0.717, 1.165) is 88.6 Å². The van der Waals surface area contributed by atoms with Gasteiger partial charge in [-0.05, 0) is 89.0 Å². The third kappa shape index (κ3) is 5.57. The maximum Gasteiger partial charge on any atom is 0.235 e. The number of furan rings is 1. The molecular weight excluding hydrogens is 769 g/mol. The Bertz CT molecular complexity index is 3840. The predicted molar refractivity (Wildman–Crippen MR) is 260 cm³/mol. The molecule has 0 atom stereocenters. The van der Waals surface area contributed by atoms with Crippen molar-refractivity contribution in [3.63, 3.8) is 0 Å². The minimum absolute atomic E-state index is 0.631. The number of rotatable bonds is 6. The SMILES string of the molecule is c1ccc(-c2cc(-c3ccccc3)nc(-n3c4ccccc4c4cc(-c5cccc6oc7ccc(-c8cccc9c8c8ccccc8n9-c8ccccc8)cc7c56)ccc43)n2)cc1. The highest BCUT2D eigenvalue weighted by Crippen LogP contribution is 2.43. The van der Waals surface area contributed by atoms with Crippen molar-refractivity contribution in [3.05, 3.63) is 218 Å². The Hall–Kier alpha value is -8.54. The maximum atomic E-state index is 6.62. The standard InChI is InChI=1S/C58H36N4O/c1-4-16-37(17-5-1)48-36-49(38-18-6-2-7-19-38)60-58(59-48)62-50-26-12-10-22-44(50)46-34-39(30-32-52(46)62)43-25-15-29-55-57(43)47-35-40(31-33-54(47)63-55)42-24-14-28-53-56(42)45-23-11-13-27-51(45)61(53)41-20-8-3-9-21-41/h1-36H. The van der Waals surface area contributed by atoms with E-state index in [9.17, 15) is 0 Å². The first-order valence-corrected chi connectivity index (χ1v) is 21.3. The Morgan fingerprint density at radius 2 is 0.857 bits per heavy atom. The average Bonchev–Trinajstić information content (AvgIpc) is 4.02. The van der Waals surface area contributed by atoms with Crippen LogP contribution in [0.1, 0.15) is 0 Å². The molecule has 0 unspecified atom stereocenters. The van der Waals surface area contributed by atoms with Crippen LogP contribution in [0.15, 0.2) is 223 Å². The number of aromatic nitrogens is 4. The van der Waals surface area contributed by atoms with Crippen LogP contribution in [0.2, 0.25) is 0 Å². The summed E-state index contributed by atoms with van der Waals surface area (Å²) in [6, 6.07) is 77.2. The molecule has 0 fully saturated rings. The molecule has 9 aromatic carbocycles. The van der Waals surface area contributed by atoms with Crippen LogP contribution in [0, 0.1) is 0 Å². The van der Waals surface area contributed by atoms with Crippen molar-refractivity contribution in [2.24, 2.45) is 0 Å². The van der Waals surface area contributed by atoms with E-state index >= 15 is 0 Å². The Labute approximate surface area is 362 Å². The van der Waals surface area contributed by atoms with Gasteiger partial charge >= 0.3 is 0 Å². The highest BCUT2D eigenvalue weighted by molar-refractivity contribution is 6.19. The van der Waals surface area contributed by atoms with E-state index in [1.54, 1.807) is 0 Å². The van der Waals surface area contributed by atoms with Crippen molar-refractivity contribution >= 4 is 65.6 Å². The van der Waals surface area contributed by atoms with E-state index in [4.69, 9.17) is 14.4 Å². The molecule has 4 heterocycles. The lowest BCUT2D eigenvalue weighted by atomic mass is 9.95. The van der Waals surface area contributed by atoms with Crippen LogP contribution in [0.3, 0.4) is 0 Å². The number of nitrogens with zero attached hydrogens (tertiary/aromatic N) is 4. The molecule has 0 bridgehead atoms. The summed E-state index contributed by atoms with van der Waals surface area (Å²) in [7, 11) is 0. The summed E-state index contributed by atoms with van der Waals surface area (Å²) in [5.74, 6) is 0.631. The highest BCUT2D eigenvalue weighted by atomic mass is 16.3. The molecule has 0 radical (unpaired) electrons. The molecule has 63 heavy (non-hydrogen) atoms. The minimum atomic E-state index is 0.631. The number of para-hydroxylation sites is 3. The predicted octanol–water partition coefficient (Wildman–Crippen LogP) is 15.2. The Morgan fingerprint density at radius 3 is 1.57 bits per heavy atom. The molecule has 0 saturated carbocycles. The first-order valence-electron chi connectivity index (χ1n) is 21.3. The molecule has 13 aromatic rings. The Morgan fingerprint density at radius 1 is 0.317 bits per heavy atom. The summed E-state index contributed by atoms with van der Waals surface area (Å²) in [5, 5.41) is 6.92. The van der Waals surface area contributed by atoms with Gasteiger partial charge in [0, 0.05) is 49.1 Å². The summed E-state index contributed by atoms with van der Waals surface area (Å²) in [5.41, 5.74) is 15.7. The van der Waals surface area contributed by atoms with E-state index < -0.39 is 0 Å². The first kappa shape index (κ1) is 35.2. The molecule has 5 heteroatoms. The van der Waals surface area contributed by atoms with Crippen LogP contribution >= 0.6 is 0 Å². The summed E-state index contributed by atoms with van der Waals surface area (Å²) >= 11 is 0. The van der Waals surface area contributed by atoms with Crippen molar-refractivity contribution < 1.29 is 4.42 Å². The number of benzene rings is 9. The molecule has 0 amide bonds. The molecule has 0 aliphatic carbocycles. The summed E-state index contributed by atoms with van der Waals surface area (Å²) in [4.78, 5) is 10.5. The monoisotopic (exact) mass is 804 g/mol. The van der Waals surface area contributed by atoms with Gasteiger partial charge in [-0.2, -0.15) is 0 Å². The van der Waals surface area contributed by atoms with E-state index in [0.29, 0.717) is 5.95 Å². The zero-order valence-electron chi connectivity index (χ0n) is 34.0. The zero-order chi connectivity index (χ0) is 41.4. The Kier molecular flexibility index (Phi) is 7.84. The van der Waals surface area contributed by atoms with Gasteiger partial charge in [0.1, 0.15) is 11.2 Å². The van der Waals surface area contributed by atoms with Gasteiger partial charge < -0.3 is 8.98 Å². The first-order chi connectivity index (χ1) is 31.2. The number of fused-ring (bicyclic) bond motifs is 9. The smallest absolute Gasteiger partial charge is 0.235 e. The second kappa shape index (κ2) is 14.0. The molecule has 0 N–H and O–H groups in total. The van der Waals surface area contributed by atoms with E-state index in [-0.39, 0.29) is 0 Å². The summed E-state index contributed by atoms with van der Waals surface area (Å²) < 4.78 is 11.2. The fourth-order valence-electron chi connectivity index (χ4n) is 9.75. The third-order valence-electron chi connectivity index (χ3n) is 12.6. The zero-order valence-corrected chi connectivity index (χ0v) is 34.0. The summed E-state index contributed by atoms with van der Waals surface area (Å²) in [6.07, 6.45) is 0. The van der Waals surface area contributed by atoms with E-state index in [1.807, 2.05) is 12.1 Å². The van der Waals surface area contributed by atoms with Crippen molar-refractivity contribution in [1.82, 2.24) is 19.1 Å². The van der Waals surface area contributed by atoms with E-state index in [2.05, 4.69) is 215 Å². The highest BCUT2D eigenvalue weighted by Gasteiger charge is 2.21. The topological polar surface area (TPSA) is 48.8 Å². The second-order valence-corrected chi connectivity index (χ2v) is 16.1. The van der Waals surface area contributed by atoms with Crippen LogP contribution in [-0.2, 0) is 0 Å². The fourth-order valence-corrected chi connectivity index (χ4v) is 9.75. The molecule has 13 rings (SSSR count). The van der Waals surface area contributed by atoms with E-state index in [1.165, 1.54) is 27.4 Å². The van der Waals surface area contributed by atoms with Crippen LogP contribution in [0.25, 0.3) is 122 Å². The normalized spacial score (nSPS) is 11.8. The summed E-state index contributed by atoms with van der Waals surface area (Å²) in [6.45, 7) is 0. The van der Waals surface area contributed by atoms with Crippen LogP contribution < -0.4 is 0 Å². The van der Waals surface area contributed by atoms with Gasteiger partial charge in [-0.15, -0.1) is 0 Å².